The van der Waals surface area contributed by atoms with E-state index in [9.17, 15) is 9.90 Å². The van der Waals surface area contributed by atoms with E-state index >= 15 is 0 Å². The Morgan fingerprint density at radius 3 is 2.50 bits per heavy atom. The van der Waals surface area contributed by atoms with Gasteiger partial charge in [0.15, 0.2) is 0 Å². The number of rotatable bonds is 4. The maximum absolute atomic E-state index is 12.8. The van der Waals surface area contributed by atoms with Crippen molar-refractivity contribution < 1.29 is 9.90 Å². The van der Waals surface area contributed by atoms with Gasteiger partial charge in [-0.2, -0.15) is 0 Å². The van der Waals surface area contributed by atoms with Gasteiger partial charge in [0, 0.05) is 24.8 Å². The van der Waals surface area contributed by atoms with E-state index in [0.717, 1.165) is 24.3 Å². The number of anilines is 3. The first kappa shape index (κ1) is 17.9. The molecule has 28 heavy (non-hydrogen) atoms. The van der Waals surface area contributed by atoms with Crippen molar-refractivity contribution in [2.24, 2.45) is 0 Å². The highest BCUT2D eigenvalue weighted by Crippen LogP contribution is 2.38. The standard InChI is InChI=1S/C23H23N3O2/c1-25(16-18-9-3-7-13-22(18)27)23(28)24-19-10-4-6-12-21(19)26-15-14-17-8-2-5-11-20(17)26/h2-13,27H,14-16H2,1H3,(H,24,28). The maximum atomic E-state index is 12.8. The number of phenolic OH excluding ortho intramolecular Hbond substituents is 1. The summed E-state index contributed by atoms with van der Waals surface area (Å²) in [5.74, 6) is 0.191. The highest BCUT2D eigenvalue weighted by molar-refractivity contribution is 5.94. The predicted molar refractivity (Wildman–Crippen MR) is 112 cm³/mol. The van der Waals surface area contributed by atoms with E-state index in [1.54, 1.807) is 24.1 Å². The normalized spacial score (nSPS) is 12.5. The van der Waals surface area contributed by atoms with E-state index in [1.807, 2.05) is 42.5 Å². The minimum atomic E-state index is -0.219. The summed E-state index contributed by atoms with van der Waals surface area (Å²) in [6.07, 6.45) is 0.992. The van der Waals surface area contributed by atoms with E-state index in [1.165, 1.54) is 11.3 Å². The Bertz CT molecular complexity index is 1000. The van der Waals surface area contributed by atoms with Crippen LogP contribution in [0.5, 0.6) is 5.75 Å². The molecule has 5 heteroatoms. The number of hydrogen-bond donors (Lipinski definition) is 2. The molecule has 1 heterocycles. The molecule has 0 spiro atoms. The predicted octanol–water partition coefficient (Wildman–Crippen LogP) is 4.75. The van der Waals surface area contributed by atoms with Gasteiger partial charge in [-0.25, -0.2) is 4.79 Å². The summed E-state index contributed by atoms with van der Waals surface area (Å²) in [5.41, 5.74) is 4.97. The van der Waals surface area contributed by atoms with Crippen molar-refractivity contribution in [3.05, 3.63) is 83.9 Å². The summed E-state index contributed by atoms with van der Waals surface area (Å²) in [5, 5.41) is 13.0. The Labute approximate surface area is 164 Å². The lowest BCUT2D eigenvalue weighted by atomic mass is 10.1. The van der Waals surface area contributed by atoms with Gasteiger partial charge in [-0.15, -0.1) is 0 Å². The van der Waals surface area contributed by atoms with Crippen LogP contribution in [0.1, 0.15) is 11.1 Å². The smallest absolute Gasteiger partial charge is 0.321 e. The van der Waals surface area contributed by atoms with Crippen molar-refractivity contribution in [3.8, 4) is 5.75 Å². The number of phenols is 1. The molecule has 2 N–H and O–H groups in total. The molecule has 0 saturated heterocycles. The number of fused-ring (bicyclic) bond motifs is 1. The van der Waals surface area contributed by atoms with Crippen LogP contribution in [0.4, 0.5) is 21.9 Å². The molecule has 4 rings (SSSR count). The van der Waals surface area contributed by atoms with Gasteiger partial charge in [0.25, 0.3) is 0 Å². The quantitative estimate of drug-likeness (QED) is 0.694. The number of carbonyl (C=O) groups is 1. The summed E-state index contributed by atoms with van der Waals surface area (Å²) >= 11 is 0. The largest absolute Gasteiger partial charge is 0.508 e. The number of hydrogen-bond acceptors (Lipinski definition) is 3. The number of nitrogens with zero attached hydrogens (tertiary/aromatic N) is 2. The minimum Gasteiger partial charge on any atom is -0.508 e. The lowest BCUT2D eigenvalue weighted by molar-refractivity contribution is 0.220. The van der Waals surface area contributed by atoms with E-state index < -0.39 is 0 Å². The van der Waals surface area contributed by atoms with Crippen LogP contribution in [0.15, 0.2) is 72.8 Å². The second kappa shape index (κ2) is 7.64. The molecule has 3 aromatic rings. The molecule has 0 unspecified atom stereocenters. The molecule has 0 radical (unpaired) electrons. The Morgan fingerprint density at radius 2 is 1.68 bits per heavy atom. The molecule has 0 saturated carbocycles. The number of urea groups is 1. The number of para-hydroxylation sites is 4. The van der Waals surface area contributed by atoms with Gasteiger partial charge in [0.1, 0.15) is 5.75 Å². The van der Waals surface area contributed by atoms with Crippen LogP contribution >= 0.6 is 0 Å². The summed E-state index contributed by atoms with van der Waals surface area (Å²) < 4.78 is 0. The second-order valence-electron chi connectivity index (χ2n) is 6.96. The number of benzene rings is 3. The van der Waals surface area contributed by atoms with Crippen LogP contribution < -0.4 is 10.2 Å². The fraction of sp³-hybridized carbons (Fsp3) is 0.174. The van der Waals surface area contributed by atoms with E-state index in [4.69, 9.17) is 0 Å². The summed E-state index contributed by atoms with van der Waals surface area (Å²) in [7, 11) is 1.72. The van der Waals surface area contributed by atoms with Crippen molar-refractivity contribution in [1.82, 2.24) is 4.90 Å². The number of amides is 2. The summed E-state index contributed by atoms with van der Waals surface area (Å²) in [4.78, 5) is 16.6. The topological polar surface area (TPSA) is 55.8 Å². The number of carbonyl (C=O) groups excluding carboxylic acids is 1. The second-order valence-corrected chi connectivity index (χ2v) is 6.96. The fourth-order valence-corrected chi connectivity index (χ4v) is 3.59. The highest BCUT2D eigenvalue weighted by atomic mass is 16.3. The fourth-order valence-electron chi connectivity index (χ4n) is 3.59. The molecule has 1 aliphatic rings. The van der Waals surface area contributed by atoms with Gasteiger partial charge >= 0.3 is 6.03 Å². The third kappa shape index (κ3) is 3.51. The zero-order valence-corrected chi connectivity index (χ0v) is 15.8. The van der Waals surface area contributed by atoms with E-state index in [-0.39, 0.29) is 11.8 Å². The van der Waals surface area contributed by atoms with Crippen LogP contribution in [0, 0.1) is 0 Å². The molecule has 0 atom stereocenters. The average Bonchev–Trinajstić information content (AvgIpc) is 3.14. The molecule has 2 amide bonds. The zero-order chi connectivity index (χ0) is 19.5. The summed E-state index contributed by atoms with van der Waals surface area (Å²) in [6, 6.07) is 23.1. The van der Waals surface area contributed by atoms with Crippen LogP contribution in [-0.2, 0) is 13.0 Å². The molecular formula is C23H23N3O2. The molecular weight excluding hydrogens is 350 g/mol. The van der Waals surface area contributed by atoms with Gasteiger partial charge in [-0.1, -0.05) is 48.5 Å². The van der Waals surface area contributed by atoms with Crippen molar-refractivity contribution in [2.75, 3.05) is 23.8 Å². The highest BCUT2D eigenvalue weighted by Gasteiger charge is 2.22. The number of aromatic hydroxyl groups is 1. The Hall–Kier alpha value is -3.47. The monoisotopic (exact) mass is 373 g/mol. The summed E-state index contributed by atoms with van der Waals surface area (Å²) in [6.45, 7) is 1.22. The van der Waals surface area contributed by atoms with Crippen LogP contribution in [0.2, 0.25) is 0 Å². The Kier molecular flexibility index (Phi) is 4.89. The Morgan fingerprint density at radius 1 is 1.00 bits per heavy atom. The maximum Gasteiger partial charge on any atom is 0.321 e. The minimum absolute atomic E-state index is 0.191. The van der Waals surface area contributed by atoms with Crippen molar-refractivity contribution >= 4 is 23.1 Å². The molecule has 0 aromatic heterocycles. The van der Waals surface area contributed by atoms with Gasteiger partial charge in [0.2, 0.25) is 0 Å². The molecule has 5 nitrogen and oxygen atoms in total. The SMILES string of the molecule is CN(Cc1ccccc1O)C(=O)Nc1ccccc1N1CCc2ccccc21. The van der Waals surface area contributed by atoms with Gasteiger partial charge < -0.3 is 20.2 Å². The molecule has 142 valence electrons. The Balaban J connectivity index is 1.53. The van der Waals surface area contributed by atoms with Crippen molar-refractivity contribution in [1.29, 1.82) is 0 Å². The zero-order valence-electron chi connectivity index (χ0n) is 15.8. The van der Waals surface area contributed by atoms with E-state index in [2.05, 4.69) is 28.4 Å². The number of nitrogens with one attached hydrogen (secondary N) is 1. The van der Waals surface area contributed by atoms with Gasteiger partial charge in [-0.05, 0) is 36.2 Å². The third-order valence-electron chi connectivity index (χ3n) is 5.07. The van der Waals surface area contributed by atoms with E-state index in [0.29, 0.717) is 12.1 Å². The first-order chi connectivity index (χ1) is 13.6. The van der Waals surface area contributed by atoms with Crippen LogP contribution in [0.25, 0.3) is 0 Å². The first-order valence-corrected chi connectivity index (χ1v) is 9.37. The third-order valence-corrected chi connectivity index (χ3v) is 5.07. The molecule has 0 aliphatic carbocycles. The molecule has 0 bridgehead atoms. The van der Waals surface area contributed by atoms with Crippen LogP contribution in [-0.4, -0.2) is 29.6 Å². The first-order valence-electron chi connectivity index (χ1n) is 9.37. The van der Waals surface area contributed by atoms with Gasteiger partial charge in [-0.3, -0.25) is 0 Å². The molecule has 0 fully saturated rings. The van der Waals surface area contributed by atoms with Crippen molar-refractivity contribution in [2.45, 2.75) is 13.0 Å². The lowest BCUT2D eigenvalue weighted by Gasteiger charge is -2.24. The average molecular weight is 373 g/mol. The molecule has 1 aliphatic heterocycles. The van der Waals surface area contributed by atoms with Crippen LogP contribution in [0.3, 0.4) is 0 Å². The lowest BCUT2D eigenvalue weighted by Crippen LogP contribution is -2.31. The van der Waals surface area contributed by atoms with Gasteiger partial charge in [0.05, 0.1) is 17.9 Å². The van der Waals surface area contributed by atoms with Crippen molar-refractivity contribution in [3.63, 3.8) is 0 Å². The molecule has 3 aromatic carbocycles.